The Morgan fingerprint density at radius 3 is 2.80 bits per heavy atom. The third-order valence-corrected chi connectivity index (χ3v) is 1.77. The van der Waals surface area contributed by atoms with Crippen LogP contribution < -0.4 is 4.74 Å². The van der Waals surface area contributed by atoms with Crippen LogP contribution >= 0.6 is 11.6 Å². The molecule has 0 atom stereocenters. The fourth-order valence-electron chi connectivity index (χ4n) is 0.961. The predicted octanol–water partition coefficient (Wildman–Crippen LogP) is 2.86. The van der Waals surface area contributed by atoms with Gasteiger partial charge in [-0.15, -0.1) is 10.2 Å². The third-order valence-electron chi connectivity index (χ3n) is 1.57. The van der Waals surface area contributed by atoms with Gasteiger partial charge < -0.3 is 4.74 Å². The van der Waals surface area contributed by atoms with Crippen LogP contribution in [0.5, 0.6) is 11.6 Å². The van der Waals surface area contributed by atoms with Crippen molar-refractivity contribution in [1.82, 2.24) is 10.2 Å². The second-order valence-corrected chi connectivity index (χ2v) is 3.06. The summed E-state index contributed by atoms with van der Waals surface area (Å²) in [6, 6.07) is 9.64. The average molecular weight is 224 g/mol. The molecule has 1 aromatic carbocycles. The Balaban J connectivity index is 2.18. The molecule has 5 heteroatoms. The molecule has 0 fully saturated rings. The first-order valence-corrected chi connectivity index (χ1v) is 4.46. The van der Waals surface area contributed by atoms with E-state index in [2.05, 4.69) is 16.3 Å². The van der Waals surface area contributed by atoms with Gasteiger partial charge in [-0.25, -0.2) is 4.39 Å². The molecule has 0 N–H and O–H groups in total. The monoisotopic (exact) mass is 223 g/mol. The predicted molar refractivity (Wildman–Crippen MR) is 52.4 cm³/mol. The summed E-state index contributed by atoms with van der Waals surface area (Å²) in [5.74, 6) is 0.0993. The summed E-state index contributed by atoms with van der Waals surface area (Å²) >= 11 is 5.55. The number of rotatable bonds is 2. The van der Waals surface area contributed by atoms with E-state index >= 15 is 0 Å². The molecule has 0 aliphatic carbocycles. The molecule has 75 valence electrons. The van der Waals surface area contributed by atoms with E-state index < -0.39 is 5.82 Å². The summed E-state index contributed by atoms with van der Waals surface area (Å²) in [4.78, 5) is 0. The highest BCUT2D eigenvalue weighted by atomic mass is 35.5. The van der Waals surface area contributed by atoms with Gasteiger partial charge in [-0.1, -0.05) is 11.6 Å². The molecule has 2 aromatic rings. The molecule has 0 saturated heterocycles. The number of hydrogen-bond acceptors (Lipinski definition) is 3. The van der Waals surface area contributed by atoms with Crippen molar-refractivity contribution in [1.29, 1.82) is 0 Å². The first kappa shape index (κ1) is 9.86. The van der Waals surface area contributed by atoms with Crippen LogP contribution in [0.1, 0.15) is 0 Å². The molecule has 0 saturated carbocycles. The highest BCUT2D eigenvalue weighted by molar-refractivity contribution is 6.29. The van der Waals surface area contributed by atoms with Gasteiger partial charge in [0.1, 0.15) is 11.6 Å². The number of hydrogen-bond donors (Lipinski definition) is 0. The van der Waals surface area contributed by atoms with E-state index in [1.165, 1.54) is 18.2 Å². The van der Waals surface area contributed by atoms with Crippen molar-refractivity contribution in [2.45, 2.75) is 0 Å². The van der Waals surface area contributed by atoms with E-state index in [1.54, 1.807) is 12.1 Å². The number of halogens is 2. The molecule has 1 radical (unpaired) electrons. The van der Waals surface area contributed by atoms with Crippen molar-refractivity contribution >= 4 is 11.6 Å². The molecular weight excluding hydrogens is 219 g/mol. The maximum atomic E-state index is 12.7. The number of nitrogens with zero attached hydrogens (tertiary/aromatic N) is 2. The van der Waals surface area contributed by atoms with Gasteiger partial charge in [0, 0.05) is 18.2 Å². The van der Waals surface area contributed by atoms with Crippen molar-refractivity contribution in [3.8, 4) is 11.6 Å². The lowest BCUT2D eigenvalue weighted by atomic mass is 10.3. The first-order valence-electron chi connectivity index (χ1n) is 4.08. The van der Waals surface area contributed by atoms with Crippen LogP contribution in [0.25, 0.3) is 0 Å². The Morgan fingerprint density at radius 1 is 1.27 bits per heavy atom. The van der Waals surface area contributed by atoms with Crippen LogP contribution in [-0.2, 0) is 0 Å². The van der Waals surface area contributed by atoms with E-state index in [-0.39, 0.29) is 11.0 Å². The maximum Gasteiger partial charge on any atom is 0.238 e. The van der Waals surface area contributed by atoms with Gasteiger partial charge in [0.15, 0.2) is 5.15 Å². The van der Waals surface area contributed by atoms with E-state index in [0.717, 1.165) is 0 Å². The van der Waals surface area contributed by atoms with Crippen LogP contribution in [0.4, 0.5) is 4.39 Å². The van der Waals surface area contributed by atoms with Crippen LogP contribution in [0.3, 0.4) is 0 Å². The molecule has 0 amide bonds. The molecule has 0 bridgehead atoms. The topological polar surface area (TPSA) is 35.0 Å². The molecule has 15 heavy (non-hydrogen) atoms. The summed E-state index contributed by atoms with van der Waals surface area (Å²) in [5.41, 5.74) is 0. The van der Waals surface area contributed by atoms with Gasteiger partial charge >= 0.3 is 0 Å². The molecule has 0 aliphatic rings. The summed E-state index contributed by atoms with van der Waals surface area (Å²) in [5, 5.41) is 7.53. The molecule has 0 aliphatic heterocycles. The normalized spacial score (nSPS) is 10.0. The zero-order valence-electron chi connectivity index (χ0n) is 7.45. The van der Waals surface area contributed by atoms with Gasteiger partial charge in [-0.3, -0.25) is 0 Å². The second-order valence-electron chi connectivity index (χ2n) is 2.67. The highest BCUT2D eigenvalue weighted by Gasteiger charge is 2.00. The quantitative estimate of drug-likeness (QED) is 0.785. The lowest BCUT2D eigenvalue weighted by Gasteiger charge is -2.02. The summed E-state index contributed by atoms with van der Waals surface area (Å²) < 4.78 is 18.0. The van der Waals surface area contributed by atoms with E-state index in [4.69, 9.17) is 16.3 Å². The minimum atomic E-state index is -0.491. The molecule has 0 spiro atoms. The standard InChI is InChI=1S/C10H5ClFN2O/c11-9-4-5-10(14-13-9)15-8-3-1-2-7(12)6-8/h1,3-6H. The number of ether oxygens (including phenoxy) is 1. The van der Waals surface area contributed by atoms with Gasteiger partial charge in [0.25, 0.3) is 0 Å². The van der Waals surface area contributed by atoms with Crippen LogP contribution in [0, 0.1) is 11.9 Å². The van der Waals surface area contributed by atoms with E-state index in [9.17, 15) is 4.39 Å². The van der Waals surface area contributed by atoms with Gasteiger partial charge in [0.05, 0.1) is 0 Å². The second kappa shape index (κ2) is 4.23. The van der Waals surface area contributed by atoms with E-state index in [0.29, 0.717) is 5.75 Å². The molecule has 1 heterocycles. The fourth-order valence-corrected chi connectivity index (χ4v) is 1.06. The Bertz CT molecular complexity index is 461. The Morgan fingerprint density at radius 2 is 2.13 bits per heavy atom. The zero-order valence-corrected chi connectivity index (χ0v) is 8.20. The minimum Gasteiger partial charge on any atom is -0.437 e. The van der Waals surface area contributed by atoms with Crippen molar-refractivity contribution in [3.05, 3.63) is 47.4 Å². The molecule has 2 rings (SSSR count). The molecule has 0 unspecified atom stereocenters. The van der Waals surface area contributed by atoms with Crippen LogP contribution in [0.2, 0.25) is 5.15 Å². The first-order chi connectivity index (χ1) is 7.24. The highest BCUT2D eigenvalue weighted by Crippen LogP contribution is 2.19. The van der Waals surface area contributed by atoms with Crippen molar-refractivity contribution in [2.75, 3.05) is 0 Å². The van der Waals surface area contributed by atoms with Gasteiger partial charge in [-0.2, -0.15) is 0 Å². The zero-order chi connectivity index (χ0) is 10.7. The summed E-state index contributed by atoms with van der Waals surface area (Å²) in [6.45, 7) is 0. The largest absolute Gasteiger partial charge is 0.437 e. The average Bonchev–Trinajstić information content (AvgIpc) is 2.22. The van der Waals surface area contributed by atoms with Gasteiger partial charge in [-0.05, 0) is 18.2 Å². The lowest BCUT2D eigenvalue weighted by molar-refractivity contribution is 0.450. The summed E-state index contributed by atoms with van der Waals surface area (Å²) in [6.07, 6.45) is 0. The van der Waals surface area contributed by atoms with Crippen molar-refractivity contribution < 1.29 is 9.13 Å². The molecule has 3 nitrogen and oxygen atoms in total. The Hall–Kier alpha value is -1.68. The lowest BCUT2D eigenvalue weighted by Crippen LogP contribution is -1.90. The molecular formula is C10H5ClFN2O. The van der Waals surface area contributed by atoms with Crippen LogP contribution in [0.15, 0.2) is 30.3 Å². The van der Waals surface area contributed by atoms with Crippen molar-refractivity contribution in [3.63, 3.8) is 0 Å². The van der Waals surface area contributed by atoms with Crippen LogP contribution in [-0.4, -0.2) is 10.2 Å². The number of aromatic nitrogens is 2. The fraction of sp³-hybridized carbons (Fsp3) is 0. The Kier molecular flexibility index (Phi) is 2.78. The summed E-state index contributed by atoms with van der Waals surface area (Å²) in [7, 11) is 0. The third kappa shape index (κ3) is 2.63. The smallest absolute Gasteiger partial charge is 0.238 e. The van der Waals surface area contributed by atoms with Gasteiger partial charge in [0.2, 0.25) is 5.88 Å². The molecule has 1 aromatic heterocycles. The van der Waals surface area contributed by atoms with Crippen molar-refractivity contribution in [2.24, 2.45) is 0 Å². The SMILES string of the molecule is Fc1[c]ccc(Oc2ccc(Cl)nn2)c1. The minimum absolute atomic E-state index is 0.255. The van der Waals surface area contributed by atoms with E-state index in [1.807, 2.05) is 0 Å². The number of benzene rings is 1. The Labute approximate surface area is 90.5 Å². The maximum absolute atomic E-state index is 12.7.